The largest absolute Gasteiger partial charge is 0.468 e. The monoisotopic (exact) mass is 722 g/mol. The first-order valence-electron chi connectivity index (χ1n) is 11.6. The van der Waals surface area contributed by atoms with Gasteiger partial charge < -0.3 is 9.64 Å². The molecule has 4 aromatic rings. The van der Waals surface area contributed by atoms with Gasteiger partial charge >= 0.3 is 13.6 Å². The van der Waals surface area contributed by atoms with Crippen LogP contribution in [0.2, 0.25) is 10.0 Å². The van der Waals surface area contributed by atoms with Crippen molar-refractivity contribution in [2.75, 3.05) is 17.8 Å². The first-order chi connectivity index (χ1) is 19.6. The normalized spacial score (nSPS) is 11.5. The van der Waals surface area contributed by atoms with Crippen molar-refractivity contribution in [1.82, 2.24) is 4.98 Å². The number of ether oxygens (including phenoxy) is 1. The predicted molar refractivity (Wildman–Crippen MR) is 162 cm³/mol. The van der Waals surface area contributed by atoms with E-state index >= 15 is 0 Å². The lowest BCUT2D eigenvalue weighted by molar-refractivity contribution is -0.137. The van der Waals surface area contributed by atoms with Gasteiger partial charge in [-0.1, -0.05) is 63.4 Å². The summed E-state index contributed by atoms with van der Waals surface area (Å²) in [5, 5.41) is 3.38. The van der Waals surface area contributed by atoms with Gasteiger partial charge in [-0.25, -0.2) is 4.98 Å². The molecule has 15 heteroatoms. The van der Waals surface area contributed by atoms with Gasteiger partial charge in [0.25, 0.3) is 0 Å². The summed E-state index contributed by atoms with van der Waals surface area (Å²) >= 11 is 18.7. The minimum Gasteiger partial charge on any atom is -0.468 e. The van der Waals surface area contributed by atoms with Gasteiger partial charge in [0.2, 0.25) is 0 Å². The summed E-state index contributed by atoms with van der Waals surface area (Å²) in [7, 11) is -3.19. The van der Waals surface area contributed by atoms with Crippen molar-refractivity contribution in [2.45, 2.75) is 17.6 Å². The SMILES string of the molecule is COC(=O)CSc1ccc(-c2csc(N(Cc3ccc(CP(=O)(OF)OF)c(Br)c3)c3ccc(Cl)c(Cl)c3)n2)cc1. The van der Waals surface area contributed by atoms with Crippen molar-refractivity contribution in [3.8, 4) is 11.3 Å². The first-order valence-corrected chi connectivity index (χ1v) is 16.7. The second-order valence-corrected chi connectivity index (χ2v) is 13.8. The van der Waals surface area contributed by atoms with Crippen LogP contribution in [-0.4, -0.2) is 23.8 Å². The molecule has 0 aliphatic carbocycles. The number of esters is 1. The molecule has 0 aliphatic rings. The summed E-state index contributed by atoms with van der Waals surface area (Å²) in [5.41, 5.74) is 3.51. The first kappa shape index (κ1) is 31.9. The maximum absolute atomic E-state index is 12.6. The summed E-state index contributed by atoms with van der Waals surface area (Å²) in [6, 6.07) is 18.0. The van der Waals surface area contributed by atoms with E-state index < -0.39 is 13.8 Å². The number of methoxy groups -OCH3 is 1. The second-order valence-electron chi connectivity index (χ2n) is 8.42. The molecular formula is C26H20BrCl2F2N2O5PS2. The van der Waals surface area contributed by atoms with Crippen molar-refractivity contribution in [3.63, 3.8) is 0 Å². The van der Waals surface area contributed by atoms with Crippen molar-refractivity contribution in [3.05, 3.63) is 91.7 Å². The molecule has 41 heavy (non-hydrogen) atoms. The van der Waals surface area contributed by atoms with Crippen LogP contribution in [0.25, 0.3) is 11.3 Å². The van der Waals surface area contributed by atoms with Crippen LogP contribution in [0.3, 0.4) is 0 Å². The highest BCUT2D eigenvalue weighted by molar-refractivity contribution is 9.10. The van der Waals surface area contributed by atoms with Crippen molar-refractivity contribution >= 4 is 86.6 Å². The van der Waals surface area contributed by atoms with E-state index in [0.717, 1.165) is 27.4 Å². The molecule has 0 saturated carbocycles. The number of thiazole rings is 1. The van der Waals surface area contributed by atoms with Crippen molar-refractivity contribution in [1.29, 1.82) is 0 Å². The van der Waals surface area contributed by atoms with Crippen LogP contribution in [0, 0.1) is 0 Å². The maximum atomic E-state index is 12.6. The Kier molecular flexibility index (Phi) is 11.2. The Balaban J connectivity index is 1.61. The van der Waals surface area contributed by atoms with Crippen molar-refractivity contribution in [2.24, 2.45) is 0 Å². The number of anilines is 2. The number of hydrogen-bond donors (Lipinski definition) is 0. The minimum atomic E-state index is -4.55. The summed E-state index contributed by atoms with van der Waals surface area (Å²) in [5.74, 6) is -0.0753. The lowest BCUT2D eigenvalue weighted by Gasteiger charge is -2.23. The Hall–Kier alpha value is -2.02. The molecule has 0 spiro atoms. The average Bonchev–Trinajstić information content (AvgIpc) is 3.47. The number of thioether (sulfide) groups is 1. The standard InChI is InChI=1S/C26H20BrCl2F2N2O5PS2/c1-36-25(34)15-40-20-7-4-17(5-8-20)24-14-41-26(32-24)33(19-6-9-22(28)23(29)11-19)12-16-2-3-18(21(27)10-16)13-39(35,37-30)38-31/h2-11,14H,12-13,15H2,1H3. The van der Waals surface area contributed by atoms with Gasteiger partial charge in [-0.2, -0.15) is 0 Å². The third-order valence-corrected chi connectivity index (χ3v) is 10.2. The molecule has 0 aliphatic heterocycles. The van der Waals surface area contributed by atoms with Crippen molar-refractivity contribution < 1.29 is 32.6 Å². The number of hydrogen-bond acceptors (Lipinski definition) is 9. The zero-order valence-corrected chi connectivity index (χ0v) is 26.7. The average molecular weight is 724 g/mol. The molecule has 0 bridgehead atoms. The lowest BCUT2D eigenvalue weighted by Crippen LogP contribution is -2.16. The highest BCUT2D eigenvalue weighted by Gasteiger charge is 2.29. The van der Waals surface area contributed by atoms with Gasteiger partial charge in [-0.3, -0.25) is 9.36 Å². The molecule has 0 atom stereocenters. The van der Waals surface area contributed by atoms with Crippen LogP contribution >= 0.6 is 69.8 Å². The van der Waals surface area contributed by atoms with Gasteiger partial charge in [-0.05, 0) is 56.6 Å². The molecule has 0 unspecified atom stereocenters. The molecular weight excluding hydrogens is 704 g/mol. The highest BCUT2D eigenvalue weighted by atomic mass is 79.9. The summed E-state index contributed by atoms with van der Waals surface area (Å²) in [6.45, 7) is 0.337. The summed E-state index contributed by atoms with van der Waals surface area (Å²) < 4.78 is 48.7. The van der Waals surface area contributed by atoms with E-state index in [0.29, 0.717) is 31.8 Å². The van der Waals surface area contributed by atoms with Gasteiger partial charge in [-0.15, -0.1) is 32.6 Å². The minimum absolute atomic E-state index is 0.221. The number of carbonyl (C=O) groups excluding carboxylic acids is 1. The van der Waals surface area contributed by atoms with Crippen LogP contribution < -0.4 is 4.90 Å². The molecule has 4 rings (SSSR count). The number of carbonyl (C=O) groups is 1. The van der Waals surface area contributed by atoms with Crippen LogP contribution in [0.4, 0.5) is 19.9 Å². The Morgan fingerprint density at radius 3 is 2.44 bits per heavy atom. The van der Waals surface area contributed by atoms with Crippen LogP contribution in [-0.2, 0) is 36.3 Å². The molecule has 0 amide bonds. The van der Waals surface area contributed by atoms with E-state index in [9.17, 15) is 18.4 Å². The van der Waals surface area contributed by atoms with E-state index in [-0.39, 0.29) is 11.7 Å². The van der Waals surface area contributed by atoms with Crippen LogP contribution in [0.5, 0.6) is 0 Å². The fourth-order valence-corrected chi connectivity index (χ4v) is 7.11. The molecule has 216 valence electrons. The fourth-order valence-electron chi connectivity index (χ4n) is 3.63. The van der Waals surface area contributed by atoms with E-state index in [4.69, 9.17) is 28.2 Å². The molecule has 1 heterocycles. The number of aromatic nitrogens is 1. The number of nitrogens with zero attached hydrogens (tertiary/aromatic N) is 2. The molecule has 0 saturated heterocycles. The Bertz CT molecular complexity index is 1570. The van der Waals surface area contributed by atoms with Gasteiger partial charge in [0, 0.05) is 26.0 Å². The number of benzene rings is 3. The zero-order chi connectivity index (χ0) is 29.6. The summed E-state index contributed by atoms with van der Waals surface area (Å²) in [6.07, 6.45) is -0.604. The molecule has 0 radical (unpaired) electrons. The topological polar surface area (TPSA) is 78.0 Å². The fraction of sp³-hybridized carbons (Fsp3) is 0.154. The number of halogens is 5. The molecule has 0 N–H and O–H groups in total. The maximum Gasteiger partial charge on any atom is 0.399 e. The smallest absolute Gasteiger partial charge is 0.399 e. The Morgan fingerprint density at radius 1 is 1.07 bits per heavy atom. The van der Waals surface area contributed by atoms with Gasteiger partial charge in [0.1, 0.15) is 0 Å². The van der Waals surface area contributed by atoms with E-state index in [2.05, 4.69) is 30.1 Å². The third-order valence-electron chi connectivity index (χ3n) is 5.70. The van der Waals surface area contributed by atoms with E-state index in [1.807, 2.05) is 40.6 Å². The molecule has 0 fully saturated rings. The number of rotatable bonds is 12. The highest BCUT2D eigenvalue weighted by Crippen LogP contribution is 2.53. The lowest BCUT2D eigenvalue weighted by atomic mass is 10.1. The third kappa shape index (κ3) is 8.30. The summed E-state index contributed by atoms with van der Waals surface area (Å²) in [4.78, 5) is 19.1. The molecule has 3 aromatic carbocycles. The molecule has 1 aromatic heterocycles. The zero-order valence-electron chi connectivity index (χ0n) is 21.1. The van der Waals surface area contributed by atoms with Crippen LogP contribution in [0.15, 0.2) is 75.4 Å². The molecule has 7 nitrogen and oxygen atoms in total. The predicted octanol–water partition coefficient (Wildman–Crippen LogP) is 9.98. The van der Waals surface area contributed by atoms with Gasteiger partial charge in [0.05, 0.1) is 41.3 Å². The Labute approximate surface area is 261 Å². The van der Waals surface area contributed by atoms with Crippen LogP contribution in [0.1, 0.15) is 11.1 Å². The van der Waals surface area contributed by atoms with Gasteiger partial charge in [0.15, 0.2) is 5.13 Å². The van der Waals surface area contributed by atoms with E-state index in [1.165, 1.54) is 30.2 Å². The second kappa shape index (κ2) is 14.4. The van der Waals surface area contributed by atoms with E-state index in [1.54, 1.807) is 30.3 Å². The Morgan fingerprint density at radius 2 is 1.80 bits per heavy atom. The quantitative estimate of drug-likeness (QED) is 0.0812.